The number of likely N-dealkylation sites (N-methyl/N-ethyl adjacent to an activating group) is 1. The molecule has 3 nitrogen and oxygen atoms in total. The first-order valence-corrected chi connectivity index (χ1v) is 7.17. The Morgan fingerprint density at radius 2 is 1.95 bits per heavy atom. The molecule has 1 fully saturated rings. The first kappa shape index (κ1) is 14.5. The quantitative estimate of drug-likeness (QED) is 0.856. The van der Waals surface area contributed by atoms with Crippen molar-refractivity contribution in [3.63, 3.8) is 0 Å². The van der Waals surface area contributed by atoms with E-state index in [0.717, 1.165) is 19.6 Å². The third-order valence-electron chi connectivity index (χ3n) is 3.74. The molecule has 2 rings (SSSR count). The van der Waals surface area contributed by atoms with Crippen molar-refractivity contribution >= 4 is 0 Å². The van der Waals surface area contributed by atoms with Crippen molar-refractivity contribution in [2.45, 2.75) is 38.3 Å². The van der Waals surface area contributed by atoms with E-state index in [9.17, 15) is 0 Å². The topological polar surface area (TPSA) is 30.5 Å². The molecule has 1 aliphatic heterocycles. The van der Waals surface area contributed by atoms with Crippen LogP contribution < -0.4 is 5.32 Å². The Hall–Kier alpha value is -0.900. The predicted octanol–water partition coefficient (Wildman–Crippen LogP) is 2.88. The van der Waals surface area contributed by atoms with Crippen LogP contribution in [-0.2, 0) is 9.47 Å². The van der Waals surface area contributed by atoms with E-state index in [-0.39, 0.29) is 12.1 Å². The highest BCUT2D eigenvalue weighted by molar-refractivity contribution is 5.26. The summed E-state index contributed by atoms with van der Waals surface area (Å²) >= 11 is 0. The molecule has 0 saturated carbocycles. The summed E-state index contributed by atoms with van der Waals surface area (Å²) in [4.78, 5) is 0. The number of benzene rings is 1. The van der Waals surface area contributed by atoms with E-state index in [0.29, 0.717) is 12.5 Å². The van der Waals surface area contributed by atoms with Crippen molar-refractivity contribution in [2.75, 3.05) is 26.9 Å². The molecule has 1 aromatic carbocycles. The smallest absolute Gasteiger partial charge is 0.0831 e. The van der Waals surface area contributed by atoms with Gasteiger partial charge in [0.15, 0.2) is 0 Å². The van der Waals surface area contributed by atoms with Gasteiger partial charge >= 0.3 is 0 Å². The molecule has 1 heterocycles. The molecule has 1 aliphatic rings. The summed E-state index contributed by atoms with van der Waals surface area (Å²) in [5.41, 5.74) is 2.66. The van der Waals surface area contributed by atoms with Gasteiger partial charge in [-0.05, 0) is 30.5 Å². The van der Waals surface area contributed by atoms with Crippen LogP contribution in [0.15, 0.2) is 24.3 Å². The third-order valence-corrected chi connectivity index (χ3v) is 3.74. The number of rotatable bonds is 6. The summed E-state index contributed by atoms with van der Waals surface area (Å²) in [6, 6.07) is 9.07. The number of nitrogens with one attached hydrogen (secondary N) is 1. The van der Waals surface area contributed by atoms with E-state index < -0.39 is 0 Å². The van der Waals surface area contributed by atoms with Crippen LogP contribution in [0.2, 0.25) is 0 Å². The molecule has 0 bridgehead atoms. The van der Waals surface area contributed by atoms with Gasteiger partial charge in [-0.2, -0.15) is 0 Å². The van der Waals surface area contributed by atoms with Gasteiger partial charge in [0.2, 0.25) is 0 Å². The molecule has 19 heavy (non-hydrogen) atoms. The Kier molecular flexibility index (Phi) is 5.37. The summed E-state index contributed by atoms with van der Waals surface area (Å²) in [7, 11) is 1.98. The number of hydrogen-bond acceptors (Lipinski definition) is 3. The molecule has 0 aliphatic carbocycles. The zero-order valence-electron chi connectivity index (χ0n) is 12.2. The Balaban J connectivity index is 1.92. The highest BCUT2D eigenvalue weighted by Crippen LogP contribution is 2.20. The zero-order valence-corrected chi connectivity index (χ0v) is 12.2. The number of hydrogen-bond donors (Lipinski definition) is 1. The standard InChI is InChI=1S/C16H25NO2/c1-12(2)13-4-6-14(7-5-13)16(17-3)11-19-15-8-9-18-10-15/h4-7,12,15-17H,8-11H2,1-3H3. The molecule has 1 aromatic rings. The van der Waals surface area contributed by atoms with Crippen LogP contribution in [0.4, 0.5) is 0 Å². The van der Waals surface area contributed by atoms with Gasteiger partial charge in [0, 0.05) is 6.61 Å². The maximum Gasteiger partial charge on any atom is 0.0831 e. The van der Waals surface area contributed by atoms with Crippen molar-refractivity contribution < 1.29 is 9.47 Å². The Morgan fingerprint density at radius 3 is 2.47 bits per heavy atom. The van der Waals surface area contributed by atoms with Crippen molar-refractivity contribution in [1.82, 2.24) is 5.32 Å². The number of ether oxygens (including phenoxy) is 2. The van der Waals surface area contributed by atoms with Crippen LogP contribution in [0, 0.1) is 0 Å². The van der Waals surface area contributed by atoms with Crippen LogP contribution in [-0.4, -0.2) is 33.0 Å². The molecule has 0 amide bonds. The lowest BCUT2D eigenvalue weighted by atomic mass is 9.99. The van der Waals surface area contributed by atoms with Gasteiger partial charge in [-0.1, -0.05) is 38.1 Å². The van der Waals surface area contributed by atoms with Gasteiger partial charge in [-0.25, -0.2) is 0 Å². The fourth-order valence-corrected chi connectivity index (χ4v) is 2.34. The monoisotopic (exact) mass is 263 g/mol. The second-order valence-electron chi connectivity index (χ2n) is 5.48. The maximum atomic E-state index is 5.90. The fourth-order valence-electron chi connectivity index (χ4n) is 2.34. The van der Waals surface area contributed by atoms with E-state index in [1.165, 1.54) is 11.1 Å². The van der Waals surface area contributed by atoms with Crippen molar-refractivity contribution in [3.05, 3.63) is 35.4 Å². The third kappa shape index (κ3) is 4.03. The van der Waals surface area contributed by atoms with Crippen LogP contribution in [0.3, 0.4) is 0 Å². The minimum atomic E-state index is 0.252. The lowest BCUT2D eigenvalue weighted by Crippen LogP contribution is -2.25. The summed E-state index contributed by atoms with van der Waals surface area (Å²) in [5.74, 6) is 0.578. The molecule has 3 heteroatoms. The highest BCUT2D eigenvalue weighted by atomic mass is 16.5. The molecule has 2 atom stereocenters. The first-order valence-electron chi connectivity index (χ1n) is 7.17. The lowest BCUT2D eigenvalue weighted by molar-refractivity contribution is 0.0308. The molecular weight excluding hydrogens is 238 g/mol. The van der Waals surface area contributed by atoms with Crippen LogP contribution in [0.25, 0.3) is 0 Å². The van der Waals surface area contributed by atoms with E-state index >= 15 is 0 Å². The highest BCUT2D eigenvalue weighted by Gasteiger charge is 2.18. The first-order chi connectivity index (χ1) is 9.20. The average Bonchev–Trinajstić information content (AvgIpc) is 2.93. The van der Waals surface area contributed by atoms with Crippen LogP contribution >= 0.6 is 0 Å². The summed E-state index contributed by atoms with van der Waals surface area (Å²) < 4.78 is 11.2. The van der Waals surface area contributed by atoms with Crippen molar-refractivity contribution in [3.8, 4) is 0 Å². The minimum absolute atomic E-state index is 0.252. The Morgan fingerprint density at radius 1 is 1.26 bits per heavy atom. The van der Waals surface area contributed by atoms with Gasteiger partial charge in [-0.3, -0.25) is 0 Å². The van der Waals surface area contributed by atoms with Crippen LogP contribution in [0.1, 0.15) is 43.4 Å². The van der Waals surface area contributed by atoms with E-state index in [1.807, 2.05) is 7.05 Å². The normalized spacial score (nSPS) is 20.9. The van der Waals surface area contributed by atoms with E-state index in [2.05, 4.69) is 43.4 Å². The van der Waals surface area contributed by atoms with Gasteiger partial charge in [0.1, 0.15) is 0 Å². The fraction of sp³-hybridized carbons (Fsp3) is 0.625. The second kappa shape index (κ2) is 7.04. The largest absolute Gasteiger partial charge is 0.379 e. The molecule has 0 radical (unpaired) electrons. The molecule has 2 unspecified atom stereocenters. The molecule has 0 spiro atoms. The van der Waals surface area contributed by atoms with Gasteiger partial charge < -0.3 is 14.8 Å². The average molecular weight is 263 g/mol. The molecule has 1 saturated heterocycles. The van der Waals surface area contributed by atoms with Crippen molar-refractivity contribution in [2.24, 2.45) is 0 Å². The molecule has 1 N–H and O–H groups in total. The second-order valence-corrected chi connectivity index (χ2v) is 5.48. The summed E-state index contributed by atoms with van der Waals surface area (Å²) in [5, 5.41) is 3.33. The lowest BCUT2D eigenvalue weighted by Gasteiger charge is -2.20. The zero-order chi connectivity index (χ0) is 13.7. The van der Waals surface area contributed by atoms with Gasteiger partial charge in [-0.15, -0.1) is 0 Å². The van der Waals surface area contributed by atoms with Gasteiger partial charge in [0.25, 0.3) is 0 Å². The SMILES string of the molecule is CNC(COC1CCOC1)c1ccc(C(C)C)cc1. The van der Waals surface area contributed by atoms with E-state index in [1.54, 1.807) is 0 Å². The van der Waals surface area contributed by atoms with Crippen molar-refractivity contribution in [1.29, 1.82) is 0 Å². The Labute approximate surface area is 116 Å². The van der Waals surface area contributed by atoms with Crippen LogP contribution in [0.5, 0.6) is 0 Å². The molecule has 106 valence electrons. The van der Waals surface area contributed by atoms with E-state index in [4.69, 9.17) is 9.47 Å². The summed E-state index contributed by atoms with van der Waals surface area (Å²) in [6.45, 7) is 6.70. The predicted molar refractivity (Wildman–Crippen MR) is 77.5 cm³/mol. The summed E-state index contributed by atoms with van der Waals surface area (Å²) in [6.07, 6.45) is 1.29. The van der Waals surface area contributed by atoms with Gasteiger partial charge in [0.05, 0.1) is 25.4 Å². The molecule has 0 aromatic heterocycles. The molecular formula is C16H25NO2. The Bertz CT molecular complexity index is 369. The maximum absolute atomic E-state index is 5.90. The minimum Gasteiger partial charge on any atom is -0.379 e.